The van der Waals surface area contributed by atoms with Crippen LogP contribution in [0, 0.1) is 11.3 Å². The van der Waals surface area contributed by atoms with Gasteiger partial charge >= 0.3 is 0 Å². The van der Waals surface area contributed by atoms with Gasteiger partial charge in [0, 0.05) is 5.02 Å². The molecule has 0 aliphatic rings. The van der Waals surface area contributed by atoms with E-state index < -0.39 is 5.60 Å². The zero-order valence-electron chi connectivity index (χ0n) is 12.0. The molecule has 0 aliphatic carbocycles. The maximum absolute atomic E-state index is 11.1. The van der Waals surface area contributed by atoms with E-state index in [1.165, 1.54) is 6.20 Å². The predicted octanol–water partition coefficient (Wildman–Crippen LogP) is 3.49. The molecule has 21 heavy (non-hydrogen) atoms. The normalized spacial score (nSPS) is 13.6. The number of hydrogen-bond acceptors (Lipinski definition) is 3. The predicted molar refractivity (Wildman–Crippen MR) is 81.8 cm³/mol. The van der Waals surface area contributed by atoms with Gasteiger partial charge in [-0.1, -0.05) is 43.5 Å². The Morgan fingerprint density at radius 2 is 2.10 bits per heavy atom. The van der Waals surface area contributed by atoms with Gasteiger partial charge in [0.25, 0.3) is 0 Å². The number of hydrogen-bond donors (Lipinski definition) is 1. The van der Waals surface area contributed by atoms with Crippen molar-refractivity contribution in [2.45, 2.75) is 38.3 Å². The van der Waals surface area contributed by atoms with Crippen LogP contribution in [0.15, 0.2) is 36.8 Å². The van der Waals surface area contributed by atoms with E-state index in [1.54, 1.807) is 23.0 Å². The van der Waals surface area contributed by atoms with Crippen LogP contribution in [0.2, 0.25) is 5.02 Å². The molecule has 1 aromatic heterocycles. The Kier molecular flexibility index (Phi) is 5.00. The third-order valence-electron chi connectivity index (χ3n) is 3.58. The van der Waals surface area contributed by atoms with Crippen LogP contribution in [0.5, 0.6) is 0 Å². The van der Waals surface area contributed by atoms with E-state index >= 15 is 0 Å². The molecule has 1 heterocycles. The largest absolute Gasteiger partial charge is 0.383 e. The molecule has 4 nitrogen and oxygen atoms in total. The highest BCUT2D eigenvalue weighted by Crippen LogP contribution is 2.30. The topological polar surface area (TPSA) is 61.8 Å². The number of nitriles is 1. The van der Waals surface area contributed by atoms with Crippen molar-refractivity contribution in [1.82, 2.24) is 9.55 Å². The molecule has 1 aromatic carbocycles. The summed E-state index contributed by atoms with van der Waals surface area (Å²) in [4.78, 5) is 3.97. The Morgan fingerprint density at radius 1 is 1.38 bits per heavy atom. The maximum atomic E-state index is 11.1. The number of benzene rings is 1. The smallest absolute Gasteiger partial charge is 0.140 e. The lowest BCUT2D eigenvalue weighted by molar-refractivity contribution is 0.00728. The van der Waals surface area contributed by atoms with Crippen LogP contribution in [0.3, 0.4) is 0 Å². The molecule has 0 aliphatic heterocycles. The zero-order valence-corrected chi connectivity index (χ0v) is 12.7. The molecule has 0 bridgehead atoms. The first-order chi connectivity index (χ1) is 10.1. The Bertz CT molecular complexity index is 630. The van der Waals surface area contributed by atoms with E-state index in [9.17, 15) is 5.11 Å². The van der Waals surface area contributed by atoms with Crippen LogP contribution < -0.4 is 0 Å². The molecular weight excluding hydrogens is 286 g/mol. The average Bonchev–Trinajstić information content (AvgIpc) is 2.92. The number of nitrogens with zero attached hydrogens (tertiary/aromatic N) is 3. The van der Waals surface area contributed by atoms with Crippen LogP contribution in [-0.2, 0) is 12.1 Å². The summed E-state index contributed by atoms with van der Waals surface area (Å²) in [5, 5.41) is 20.8. The average molecular weight is 304 g/mol. The number of imidazole rings is 1. The van der Waals surface area contributed by atoms with Gasteiger partial charge in [-0.3, -0.25) is 0 Å². The van der Waals surface area contributed by atoms with Crippen molar-refractivity contribution in [3.63, 3.8) is 0 Å². The summed E-state index contributed by atoms with van der Waals surface area (Å²) in [6.07, 6.45) is 5.59. The molecule has 0 radical (unpaired) electrons. The quantitative estimate of drug-likeness (QED) is 0.888. The maximum Gasteiger partial charge on any atom is 0.140 e. The molecule has 1 atom stereocenters. The molecule has 2 rings (SSSR count). The van der Waals surface area contributed by atoms with E-state index in [4.69, 9.17) is 16.9 Å². The fourth-order valence-corrected chi connectivity index (χ4v) is 2.49. The summed E-state index contributed by atoms with van der Waals surface area (Å²) >= 11 is 5.92. The lowest BCUT2D eigenvalue weighted by Crippen LogP contribution is -2.31. The molecule has 2 aromatic rings. The third-order valence-corrected chi connectivity index (χ3v) is 3.84. The Morgan fingerprint density at radius 3 is 2.71 bits per heavy atom. The van der Waals surface area contributed by atoms with Gasteiger partial charge in [0.05, 0.1) is 19.1 Å². The van der Waals surface area contributed by atoms with Gasteiger partial charge in [-0.15, -0.1) is 0 Å². The Hall–Kier alpha value is -1.83. The van der Waals surface area contributed by atoms with E-state index in [0.29, 0.717) is 23.7 Å². The second-order valence-corrected chi connectivity index (χ2v) is 5.60. The summed E-state index contributed by atoms with van der Waals surface area (Å²) in [5.74, 6) is 0. The Labute approximate surface area is 129 Å². The Balaban J connectivity index is 2.32. The molecule has 5 heteroatoms. The summed E-state index contributed by atoms with van der Waals surface area (Å²) in [5.41, 5.74) is 0.212. The van der Waals surface area contributed by atoms with Gasteiger partial charge in [0.15, 0.2) is 0 Å². The fourth-order valence-electron chi connectivity index (χ4n) is 2.37. The van der Waals surface area contributed by atoms with Gasteiger partial charge in [-0.2, -0.15) is 5.26 Å². The van der Waals surface area contributed by atoms with Gasteiger partial charge < -0.3 is 9.67 Å². The highest BCUT2D eigenvalue weighted by Gasteiger charge is 2.30. The second-order valence-electron chi connectivity index (χ2n) is 5.16. The van der Waals surface area contributed by atoms with Gasteiger partial charge in [0.2, 0.25) is 0 Å². The molecule has 0 saturated heterocycles. The molecular formula is C16H18ClN3O. The van der Waals surface area contributed by atoms with Crippen molar-refractivity contribution in [3.8, 4) is 6.07 Å². The SMILES string of the molecule is CCCCC(O)(Cn1cncc1C#N)c1ccc(Cl)cc1. The molecule has 1 unspecified atom stereocenters. The van der Waals surface area contributed by atoms with E-state index in [1.807, 2.05) is 12.1 Å². The molecule has 0 fully saturated rings. The number of rotatable bonds is 6. The summed E-state index contributed by atoms with van der Waals surface area (Å²) in [6, 6.07) is 9.29. The van der Waals surface area contributed by atoms with Crippen molar-refractivity contribution in [2.75, 3.05) is 0 Å². The van der Waals surface area contributed by atoms with Gasteiger partial charge in [0.1, 0.15) is 17.4 Å². The highest BCUT2D eigenvalue weighted by atomic mass is 35.5. The molecule has 0 spiro atoms. The van der Waals surface area contributed by atoms with Crippen molar-refractivity contribution in [2.24, 2.45) is 0 Å². The number of unbranched alkanes of at least 4 members (excludes halogenated alkanes) is 1. The van der Waals surface area contributed by atoms with Crippen molar-refractivity contribution >= 4 is 11.6 Å². The first kappa shape index (κ1) is 15.6. The monoisotopic (exact) mass is 303 g/mol. The van der Waals surface area contributed by atoms with Crippen LogP contribution in [0.1, 0.15) is 37.4 Å². The summed E-state index contributed by atoms with van der Waals surface area (Å²) in [7, 11) is 0. The first-order valence-electron chi connectivity index (χ1n) is 6.97. The molecule has 0 amide bonds. The molecule has 0 saturated carbocycles. The minimum absolute atomic E-state index is 0.303. The van der Waals surface area contributed by atoms with Crippen LogP contribution in [0.4, 0.5) is 0 Å². The zero-order chi connectivity index (χ0) is 15.3. The minimum Gasteiger partial charge on any atom is -0.383 e. The molecule has 1 N–H and O–H groups in total. The lowest BCUT2D eigenvalue weighted by atomic mass is 9.88. The number of aliphatic hydroxyl groups is 1. The van der Waals surface area contributed by atoms with Gasteiger partial charge in [-0.25, -0.2) is 4.98 Å². The minimum atomic E-state index is -1.03. The standard InChI is InChI=1S/C16H18ClN3O/c1-2-3-8-16(21,13-4-6-14(17)7-5-13)11-20-12-19-10-15(20)9-18/h4-7,10,12,21H,2-3,8,11H2,1H3. The van der Waals surface area contributed by atoms with Crippen molar-refractivity contribution in [3.05, 3.63) is 53.1 Å². The first-order valence-corrected chi connectivity index (χ1v) is 7.35. The summed E-state index contributed by atoms with van der Waals surface area (Å²) in [6.45, 7) is 2.39. The highest BCUT2D eigenvalue weighted by molar-refractivity contribution is 6.30. The van der Waals surface area contributed by atoms with Crippen LogP contribution in [0.25, 0.3) is 0 Å². The van der Waals surface area contributed by atoms with Crippen molar-refractivity contribution in [1.29, 1.82) is 5.26 Å². The lowest BCUT2D eigenvalue weighted by Gasteiger charge is -2.29. The fraction of sp³-hybridized carbons (Fsp3) is 0.375. The number of aromatic nitrogens is 2. The van der Waals surface area contributed by atoms with E-state index in [-0.39, 0.29) is 0 Å². The molecule has 110 valence electrons. The number of halogens is 1. The summed E-state index contributed by atoms with van der Waals surface area (Å²) < 4.78 is 1.68. The van der Waals surface area contributed by atoms with E-state index in [0.717, 1.165) is 18.4 Å². The van der Waals surface area contributed by atoms with E-state index in [2.05, 4.69) is 18.0 Å². The third kappa shape index (κ3) is 3.63. The van der Waals surface area contributed by atoms with Crippen molar-refractivity contribution < 1.29 is 5.11 Å². The van der Waals surface area contributed by atoms with Crippen LogP contribution in [-0.4, -0.2) is 14.7 Å². The van der Waals surface area contributed by atoms with Gasteiger partial charge in [-0.05, 0) is 24.1 Å². The second kappa shape index (κ2) is 6.75. The van der Waals surface area contributed by atoms with Crippen LogP contribution >= 0.6 is 11.6 Å².